The van der Waals surface area contributed by atoms with Gasteiger partial charge in [0.15, 0.2) is 6.29 Å². The van der Waals surface area contributed by atoms with Crippen LogP contribution in [0.4, 0.5) is 0 Å². The molecule has 0 aromatic heterocycles. The molecule has 0 unspecified atom stereocenters. The van der Waals surface area contributed by atoms with E-state index in [-0.39, 0.29) is 17.3 Å². The molecule has 1 saturated heterocycles. The number of fused-ring (bicyclic) bond motifs is 3. The van der Waals surface area contributed by atoms with E-state index in [4.69, 9.17) is 14.2 Å². The molecule has 0 radical (unpaired) electrons. The Morgan fingerprint density at radius 3 is 2.26 bits per heavy atom. The highest BCUT2D eigenvalue weighted by atomic mass is 16.6. The van der Waals surface area contributed by atoms with E-state index >= 15 is 0 Å². The highest BCUT2D eigenvalue weighted by molar-refractivity contribution is 5.88. The minimum Gasteiger partial charge on any atom is -0.455 e. The number of hydrogen-bond acceptors (Lipinski definition) is 6. The maximum Gasteiger partial charge on any atom is 0.333 e. The van der Waals surface area contributed by atoms with Crippen LogP contribution in [0.25, 0.3) is 0 Å². The summed E-state index contributed by atoms with van der Waals surface area (Å²) in [6, 6.07) is 0. The molecule has 31 heavy (non-hydrogen) atoms. The summed E-state index contributed by atoms with van der Waals surface area (Å²) < 4.78 is 17.5. The number of rotatable bonds is 4. The Bertz CT molecular complexity index is 835. The smallest absolute Gasteiger partial charge is 0.333 e. The largest absolute Gasteiger partial charge is 0.455 e. The van der Waals surface area contributed by atoms with E-state index < -0.39 is 35.9 Å². The molecular weight excluding hydrogens is 396 g/mol. The summed E-state index contributed by atoms with van der Waals surface area (Å²) in [7, 11) is 0. The van der Waals surface area contributed by atoms with Gasteiger partial charge in [0, 0.05) is 22.5 Å². The van der Waals surface area contributed by atoms with Gasteiger partial charge in [0.1, 0.15) is 12.2 Å². The fraction of sp³-hybridized carbons (Fsp3) is 0.680. The third kappa shape index (κ3) is 4.00. The molecule has 2 fully saturated rings. The molecule has 1 aliphatic heterocycles. The summed E-state index contributed by atoms with van der Waals surface area (Å²) in [4.78, 5) is 25.4. The topological polar surface area (TPSA) is 82.1 Å². The Morgan fingerprint density at radius 2 is 1.68 bits per heavy atom. The van der Waals surface area contributed by atoms with Crippen molar-refractivity contribution in [2.24, 2.45) is 22.7 Å². The number of hydrogen-bond donors (Lipinski definition) is 1. The SMILES string of the molecule is C/C=C(\C)C(=O)O[C@@H]1C[C@]2(C)[C@@H]3C(=CC[C@H]2C(C)(C)[C@H]1OC(=O)/C(C)=C/C)CO[C@H]3O. The first-order valence-electron chi connectivity index (χ1n) is 11.1. The summed E-state index contributed by atoms with van der Waals surface area (Å²) in [6.07, 6.45) is 4.77. The molecule has 172 valence electrons. The number of carbonyl (C=O) groups is 2. The van der Waals surface area contributed by atoms with Crippen molar-refractivity contribution in [3.63, 3.8) is 0 Å². The van der Waals surface area contributed by atoms with Gasteiger partial charge in [0.25, 0.3) is 0 Å². The summed E-state index contributed by atoms with van der Waals surface area (Å²) in [5.74, 6) is -0.858. The monoisotopic (exact) mass is 432 g/mol. The van der Waals surface area contributed by atoms with Crippen LogP contribution in [0.5, 0.6) is 0 Å². The lowest BCUT2D eigenvalue weighted by Crippen LogP contribution is -2.62. The van der Waals surface area contributed by atoms with Crippen molar-refractivity contribution in [3.05, 3.63) is 34.9 Å². The first-order chi connectivity index (χ1) is 14.5. The van der Waals surface area contributed by atoms with Crippen molar-refractivity contribution in [2.75, 3.05) is 6.61 Å². The van der Waals surface area contributed by atoms with Gasteiger partial charge in [-0.2, -0.15) is 0 Å². The van der Waals surface area contributed by atoms with Crippen molar-refractivity contribution in [1.29, 1.82) is 0 Å². The van der Waals surface area contributed by atoms with Gasteiger partial charge in [0.2, 0.25) is 0 Å². The third-order valence-electron chi connectivity index (χ3n) is 7.84. The normalized spacial score (nSPS) is 37.4. The second-order valence-corrected chi connectivity index (χ2v) is 9.99. The zero-order valence-electron chi connectivity index (χ0n) is 19.7. The van der Waals surface area contributed by atoms with Gasteiger partial charge in [-0.05, 0) is 57.4 Å². The van der Waals surface area contributed by atoms with Crippen LogP contribution in [0.3, 0.4) is 0 Å². The van der Waals surface area contributed by atoms with Gasteiger partial charge in [0.05, 0.1) is 6.61 Å². The minimum atomic E-state index is -0.882. The molecule has 6 heteroatoms. The van der Waals surface area contributed by atoms with E-state index in [0.717, 1.165) is 12.0 Å². The van der Waals surface area contributed by atoms with E-state index in [0.29, 0.717) is 24.2 Å². The minimum absolute atomic E-state index is 0.117. The number of esters is 2. The zero-order chi connectivity index (χ0) is 23.1. The van der Waals surface area contributed by atoms with Crippen LogP contribution in [0.2, 0.25) is 0 Å². The van der Waals surface area contributed by atoms with Gasteiger partial charge < -0.3 is 19.3 Å². The van der Waals surface area contributed by atoms with Crippen LogP contribution in [0, 0.1) is 22.7 Å². The third-order valence-corrected chi connectivity index (χ3v) is 7.84. The summed E-state index contributed by atoms with van der Waals surface area (Å²) in [5.41, 5.74) is 1.28. The molecule has 0 spiro atoms. The lowest BCUT2D eigenvalue weighted by Gasteiger charge is -2.59. The Balaban J connectivity index is 2.03. The fourth-order valence-corrected chi connectivity index (χ4v) is 5.89. The molecule has 0 aromatic rings. The molecule has 1 N–H and O–H groups in total. The van der Waals surface area contributed by atoms with Crippen molar-refractivity contribution in [3.8, 4) is 0 Å². The number of aliphatic hydroxyl groups is 1. The van der Waals surface area contributed by atoms with Gasteiger partial charge in [-0.15, -0.1) is 0 Å². The fourth-order valence-electron chi connectivity index (χ4n) is 5.89. The molecule has 6 atom stereocenters. The van der Waals surface area contributed by atoms with Crippen LogP contribution in [-0.2, 0) is 23.8 Å². The van der Waals surface area contributed by atoms with E-state index in [1.807, 2.05) is 0 Å². The second kappa shape index (κ2) is 8.55. The maximum absolute atomic E-state index is 12.7. The first kappa shape index (κ1) is 23.7. The Kier molecular flexibility index (Phi) is 6.55. The molecule has 3 aliphatic rings. The summed E-state index contributed by atoms with van der Waals surface area (Å²) in [6.45, 7) is 13.7. The Labute approximate surface area is 185 Å². The van der Waals surface area contributed by atoms with Gasteiger partial charge in [-0.25, -0.2) is 9.59 Å². The molecule has 2 aliphatic carbocycles. The van der Waals surface area contributed by atoms with Crippen LogP contribution in [0.15, 0.2) is 34.9 Å². The van der Waals surface area contributed by atoms with Crippen LogP contribution in [0.1, 0.15) is 61.3 Å². The quantitative estimate of drug-likeness (QED) is 0.409. The highest BCUT2D eigenvalue weighted by Crippen LogP contribution is 2.62. The number of aliphatic hydroxyl groups excluding tert-OH is 1. The summed E-state index contributed by atoms with van der Waals surface area (Å²) in [5, 5.41) is 10.6. The van der Waals surface area contributed by atoms with Gasteiger partial charge >= 0.3 is 11.9 Å². The summed E-state index contributed by atoms with van der Waals surface area (Å²) >= 11 is 0. The predicted molar refractivity (Wildman–Crippen MR) is 117 cm³/mol. The second-order valence-electron chi connectivity index (χ2n) is 9.99. The van der Waals surface area contributed by atoms with Crippen LogP contribution in [-0.4, -0.2) is 42.1 Å². The molecule has 0 bridgehead atoms. The van der Waals surface area contributed by atoms with Gasteiger partial charge in [-0.3, -0.25) is 0 Å². The number of carbonyl (C=O) groups excluding carboxylic acids is 2. The molecule has 1 saturated carbocycles. The molecule has 0 aromatic carbocycles. The first-order valence-corrected chi connectivity index (χ1v) is 11.1. The van der Waals surface area contributed by atoms with E-state index in [2.05, 4.69) is 26.8 Å². The van der Waals surface area contributed by atoms with Gasteiger partial charge in [-0.1, -0.05) is 39.0 Å². The van der Waals surface area contributed by atoms with Crippen molar-refractivity contribution in [1.82, 2.24) is 0 Å². The average Bonchev–Trinajstić information content (AvgIpc) is 3.11. The van der Waals surface area contributed by atoms with Crippen LogP contribution < -0.4 is 0 Å². The average molecular weight is 433 g/mol. The molecular formula is C25H36O6. The predicted octanol–water partition coefficient (Wildman–Crippen LogP) is 4.09. The number of allylic oxidation sites excluding steroid dienone is 3. The standard InChI is InChI=1S/C25H36O6/c1-8-14(3)21(26)30-17-12-25(7)18(11-10-16-13-29-23(28)19(16)25)24(5,6)20(17)31-22(27)15(4)9-2/h8-10,17-20,23,28H,11-13H2,1-7H3/b14-8+,15-9+/t17-,18+,19-,20+,23-,25+/m1/s1. The van der Waals surface area contributed by atoms with Crippen LogP contribution >= 0.6 is 0 Å². The molecule has 3 rings (SSSR count). The van der Waals surface area contributed by atoms with Crippen molar-refractivity contribution >= 4 is 11.9 Å². The van der Waals surface area contributed by atoms with E-state index in [1.54, 1.807) is 39.8 Å². The molecule has 6 nitrogen and oxygen atoms in total. The number of ether oxygens (including phenoxy) is 3. The molecule has 1 heterocycles. The zero-order valence-corrected chi connectivity index (χ0v) is 19.7. The van der Waals surface area contributed by atoms with Crippen molar-refractivity contribution < 1.29 is 28.9 Å². The molecule has 0 amide bonds. The van der Waals surface area contributed by atoms with E-state index in [9.17, 15) is 14.7 Å². The Morgan fingerprint density at radius 1 is 1.10 bits per heavy atom. The Hall–Kier alpha value is -1.92. The lowest BCUT2D eigenvalue weighted by atomic mass is 9.47. The lowest BCUT2D eigenvalue weighted by molar-refractivity contribution is -0.220. The van der Waals surface area contributed by atoms with Crippen molar-refractivity contribution in [2.45, 2.75) is 79.8 Å². The maximum atomic E-state index is 12.7. The highest BCUT2D eigenvalue weighted by Gasteiger charge is 2.63. The van der Waals surface area contributed by atoms with E-state index in [1.165, 1.54) is 0 Å².